The van der Waals surface area contributed by atoms with Gasteiger partial charge in [0.25, 0.3) is 0 Å². The Labute approximate surface area is 132 Å². The average Bonchev–Trinajstić information content (AvgIpc) is 3.00. The number of carbonyl (C=O) groups excluding carboxylic acids is 1. The number of anilines is 1. The topological polar surface area (TPSA) is 85.4 Å². The first kappa shape index (κ1) is 16.2. The van der Waals surface area contributed by atoms with E-state index in [2.05, 4.69) is 15.0 Å². The number of methoxy groups -OCH3 is 1. The lowest BCUT2D eigenvalue weighted by atomic mass is 10.2. The second-order valence-electron chi connectivity index (χ2n) is 4.30. The van der Waals surface area contributed by atoms with Crippen molar-refractivity contribution in [1.82, 2.24) is 4.98 Å². The minimum Gasteiger partial charge on any atom is -0.465 e. The Kier molecular flexibility index (Phi) is 4.94. The lowest BCUT2D eigenvalue weighted by Crippen LogP contribution is -2.17. The summed E-state index contributed by atoms with van der Waals surface area (Å²) in [5, 5.41) is 4.89. The second kappa shape index (κ2) is 6.71. The summed E-state index contributed by atoms with van der Waals surface area (Å²) >= 11 is 1.28. The zero-order valence-electron chi connectivity index (χ0n) is 11.9. The van der Waals surface area contributed by atoms with Crippen LogP contribution in [0.4, 0.5) is 5.13 Å². The molecule has 1 aromatic heterocycles. The van der Waals surface area contributed by atoms with Crippen molar-refractivity contribution in [2.24, 2.45) is 0 Å². The Morgan fingerprint density at radius 2 is 2.00 bits per heavy atom. The number of nitrogens with zero attached hydrogens (tertiary/aromatic N) is 1. The fourth-order valence-corrected chi connectivity index (χ4v) is 3.38. The first-order chi connectivity index (χ1) is 10.4. The maximum Gasteiger partial charge on any atom is 0.351 e. The maximum absolute atomic E-state index is 12.6. The van der Waals surface area contributed by atoms with Crippen LogP contribution in [-0.2, 0) is 19.4 Å². The fraction of sp³-hybridized carbons (Fsp3) is 0.143. The van der Waals surface area contributed by atoms with Gasteiger partial charge in [0.15, 0.2) is 10.0 Å². The quantitative estimate of drug-likeness (QED) is 0.665. The van der Waals surface area contributed by atoms with Crippen LogP contribution in [-0.4, -0.2) is 26.5 Å². The standard InChI is InChI=1S/C14H14N2O4S2/c1-10-3-5-11(6-4-10)22(18,19)12(13(17)20-2)9-16-14-15-7-8-21-14/h3-9H,1-2H3,(H,15,16). The van der Waals surface area contributed by atoms with Crippen LogP contribution in [0.2, 0.25) is 0 Å². The van der Waals surface area contributed by atoms with Gasteiger partial charge < -0.3 is 10.1 Å². The first-order valence-electron chi connectivity index (χ1n) is 6.21. The van der Waals surface area contributed by atoms with Gasteiger partial charge in [-0.3, -0.25) is 0 Å². The van der Waals surface area contributed by atoms with Gasteiger partial charge >= 0.3 is 5.97 Å². The van der Waals surface area contributed by atoms with E-state index in [0.717, 1.165) is 18.9 Å². The maximum atomic E-state index is 12.6. The first-order valence-corrected chi connectivity index (χ1v) is 8.57. The summed E-state index contributed by atoms with van der Waals surface area (Å²) < 4.78 is 29.7. The number of sulfone groups is 1. The van der Waals surface area contributed by atoms with E-state index >= 15 is 0 Å². The number of hydrogen-bond donors (Lipinski definition) is 1. The normalized spacial score (nSPS) is 12.0. The van der Waals surface area contributed by atoms with Crippen molar-refractivity contribution in [3.63, 3.8) is 0 Å². The Hall–Kier alpha value is -2.19. The van der Waals surface area contributed by atoms with Gasteiger partial charge in [-0.15, -0.1) is 11.3 Å². The molecular weight excluding hydrogens is 324 g/mol. The fourth-order valence-electron chi connectivity index (χ4n) is 1.61. The van der Waals surface area contributed by atoms with Crippen molar-refractivity contribution in [2.75, 3.05) is 12.4 Å². The van der Waals surface area contributed by atoms with E-state index < -0.39 is 20.7 Å². The Bertz CT molecular complexity index is 779. The van der Waals surface area contributed by atoms with E-state index in [1.54, 1.807) is 23.7 Å². The smallest absolute Gasteiger partial charge is 0.351 e. The molecule has 22 heavy (non-hydrogen) atoms. The highest BCUT2D eigenvalue weighted by Gasteiger charge is 2.28. The van der Waals surface area contributed by atoms with Crippen LogP contribution in [0.25, 0.3) is 0 Å². The summed E-state index contributed by atoms with van der Waals surface area (Å²) in [6.45, 7) is 1.84. The van der Waals surface area contributed by atoms with Gasteiger partial charge in [0.05, 0.1) is 12.0 Å². The summed E-state index contributed by atoms with van der Waals surface area (Å²) in [6.07, 6.45) is 2.66. The third-order valence-electron chi connectivity index (χ3n) is 2.77. The number of carbonyl (C=O) groups is 1. The molecule has 2 aromatic rings. The summed E-state index contributed by atoms with van der Waals surface area (Å²) in [5.41, 5.74) is 0.920. The molecule has 116 valence electrons. The molecule has 0 aliphatic heterocycles. The molecule has 0 bridgehead atoms. The molecule has 1 heterocycles. The zero-order valence-corrected chi connectivity index (χ0v) is 13.6. The van der Waals surface area contributed by atoms with E-state index in [1.807, 2.05) is 6.92 Å². The van der Waals surface area contributed by atoms with Gasteiger partial charge in [0.2, 0.25) is 9.84 Å². The lowest BCUT2D eigenvalue weighted by Gasteiger charge is -2.08. The van der Waals surface area contributed by atoms with Crippen LogP contribution in [0, 0.1) is 6.92 Å². The molecule has 0 spiro atoms. The Morgan fingerprint density at radius 1 is 1.32 bits per heavy atom. The summed E-state index contributed by atoms with van der Waals surface area (Å²) in [7, 11) is -2.85. The molecular formula is C14H14N2O4S2. The molecule has 0 saturated heterocycles. The number of benzene rings is 1. The van der Waals surface area contributed by atoms with Gasteiger partial charge in [0.1, 0.15) is 0 Å². The van der Waals surface area contributed by atoms with Crippen LogP contribution < -0.4 is 5.32 Å². The molecule has 6 nitrogen and oxygen atoms in total. The molecule has 1 N–H and O–H groups in total. The SMILES string of the molecule is COC(=O)C(=CNc1nccs1)S(=O)(=O)c1ccc(C)cc1. The van der Waals surface area contributed by atoms with Crippen LogP contribution in [0.15, 0.2) is 51.8 Å². The predicted octanol–water partition coefficient (Wildman–Crippen LogP) is 2.35. The number of ether oxygens (including phenoxy) is 1. The van der Waals surface area contributed by atoms with Gasteiger partial charge in [-0.1, -0.05) is 17.7 Å². The van der Waals surface area contributed by atoms with E-state index in [4.69, 9.17) is 0 Å². The number of aryl methyl sites for hydroxylation is 1. The lowest BCUT2D eigenvalue weighted by molar-refractivity contribution is -0.135. The highest BCUT2D eigenvalue weighted by Crippen LogP contribution is 2.21. The van der Waals surface area contributed by atoms with E-state index in [9.17, 15) is 13.2 Å². The minimum atomic E-state index is -3.98. The van der Waals surface area contributed by atoms with Crippen LogP contribution in [0.3, 0.4) is 0 Å². The Balaban J connectivity index is 2.41. The van der Waals surface area contributed by atoms with E-state index in [0.29, 0.717) is 5.13 Å². The average molecular weight is 338 g/mol. The number of thiazole rings is 1. The molecule has 2 rings (SSSR count). The zero-order chi connectivity index (χ0) is 16.2. The molecule has 0 radical (unpaired) electrons. The minimum absolute atomic E-state index is 0.0238. The van der Waals surface area contributed by atoms with Crippen molar-refractivity contribution in [3.05, 3.63) is 52.5 Å². The third kappa shape index (κ3) is 3.52. The number of aromatic nitrogens is 1. The van der Waals surface area contributed by atoms with Crippen molar-refractivity contribution in [2.45, 2.75) is 11.8 Å². The molecule has 0 saturated carbocycles. The van der Waals surface area contributed by atoms with Crippen LogP contribution in [0.5, 0.6) is 0 Å². The van der Waals surface area contributed by atoms with Crippen LogP contribution >= 0.6 is 11.3 Å². The molecule has 0 atom stereocenters. The molecule has 0 aliphatic carbocycles. The van der Waals surface area contributed by atoms with Crippen molar-refractivity contribution >= 4 is 32.3 Å². The number of esters is 1. The van der Waals surface area contributed by atoms with Gasteiger partial charge in [0, 0.05) is 17.8 Å². The number of rotatable bonds is 5. The van der Waals surface area contributed by atoms with E-state index in [1.165, 1.54) is 23.5 Å². The van der Waals surface area contributed by atoms with Gasteiger partial charge in [-0.05, 0) is 19.1 Å². The van der Waals surface area contributed by atoms with Gasteiger partial charge in [-0.2, -0.15) is 0 Å². The van der Waals surface area contributed by atoms with Crippen molar-refractivity contribution in [3.8, 4) is 0 Å². The van der Waals surface area contributed by atoms with Gasteiger partial charge in [-0.25, -0.2) is 18.2 Å². The summed E-state index contributed by atoms with van der Waals surface area (Å²) in [6, 6.07) is 6.22. The molecule has 0 amide bonds. The molecule has 8 heteroatoms. The highest BCUT2D eigenvalue weighted by atomic mass is 32.2. The predicted molar refractivity (Wildman–Crippen MR) is 84.2 cm³/mol. The van der Waals surface area contributed by atoms with Crippen molar-refractivity contribution in [1.29, 1.82) is 0 Å². The molecule has 0 aliphatic rings. The summed E-state index contributed by atoms with van der Waals surface area (Å²) in [4.78, 5) is 15.3. The molecule has 0 unspecified atom stereocenters. The number of nitrogens with one attached hydrogen (secondary N) is 1. The van der Waals surface area contributed by atoms with Crippen molar-refractivity contribution < 1.29 is 17.9 Å². The molecule has 0 fully saturated rings. The third-order valence-corrected chi connectivity index (χ3v) is 5.23. The largest absolute Gasteiger partial charge is 0.465 e. The Morgan fingerprint density at radius 3 is 2.55 bits per heavy atom. The second-order valence-corrected chi connectivity index (χ2v) is 7.11. The monoisotopic (exact) mass is 338 g/mol. The summed E-state index contributed by atoms with van der Waals surface area (Å²) in [5.74, 6) is -0.940. The highest BCUT2D eigenvalue weighted by molar-refractivity contribution is 7.96. The van der Waals surface area contributed by atoms with E-state index in [-0.39, 0.29) is 4.90 Å². The number of hydrogen-bond acceptors (Lipinski definition) is 7. The molecule has 1 aromatic carbocycles. The van der Waals surface area contributed by atoms with Crippen LogP contribution in [0.1, 0.15) is 5.56 Å².